The predicted molar refractivity (Wildman–Crippen MR) is 58.9 cm³/mol. The second-order valence-corrected chi connectivity index (χ2v) is 3.59. The molecule has 0 fully saturated rings. The molecule has 0 aromatic rings. The molecule has 0 rings (SSSR count). The van der Waals surface area contributed by atoms with Crippen LogP contribution in [0.2, 0.25) is 0 Å². The third-order valence-corrected chi connectivity index (χ3v) is 2.14. The summed E-state index contributed by atoms with van der Waals surface area (Å²) in [5.74, 6) is -0.0463. The zero-order valence-corrected chi connectivity index (χ0v) is 9.39. The number of ether oxygens (including phenoxy) is 1. The highest BCUT2D eigenvalue weighted by Gasteiger charge is 2.01. The van der Waals surface area contributed by atoms with Gasteiger partial charge in [-0.05, 0) is 12.8 Å². The highest BCUT2D eigenvalue weighted by molar-refractivity contribution is 5.69. The Morgan fingerprint density at radius 3 is 2.50 bits per heavy atom. The molecule has 0 saturated carbocycles. The maximum absolute atomic E-state index is 11.1. The lowest BCUT2D eigenvalue weighted by molar-refractivity contribution is -0.143. The quantitative estimate of drug-likeness (QED) is 0.419. The van der Waals surface area contributed by atoms with Gasteiger partial charge < -0.3 is 4.74 Å². The average Bonchev–Trinajstić information content (AvgIpc) is 2.18. The summed E-state index contributed by atoms with van der Waals surface area (Å²) in [5.41, 5.74) is 0. The molecule has 0 aliphatic heterocycles. The zero-order chi connectivity index (χ0) is 10.6. The third kappa shape index (κ3) is 9.56. The van der Waals surface area contributed by atoms with Crippen LogP contribution in [-0.2, 0) is 9.53 Å². The molecule has 1 radical (unpaired) electrons. The molecule has 0 amide bonds. The van der Waals surface area contributed by atoms with Gasteiger partial charge in [0.15, 0.2) is 0 Å². The predicted octanol–water partition coefficient (Wildman–Crippen LogP) is 3.50. The average molecular weight is 199 g/mol. The number of carbonyl (C=O) groups excluding carboxylic acids is 1. The molecule has 0 saturated heterocycles. The molecule has 0 unspecified atom stereocenters. The zero-order valence-electron chi connectivity index (χ0n) is 9.39. The normalized spacial score (nSPS) is 10.1. The SMILES string of the molecule is [CH2]CCCOC(=O)CCCCCCC. The molecule has 0 aromatic heterocycles. The summed E-state index contributed by atoms with van der Waals surface area (Å²) in [7, 11) is 0. The van der Waals surface area contributed by atoms with Gasteiger partial charge in [-0.25, -0.2) is 0 Å². The summed E-state index contributed by atoms with van der Waals surface area (Å²) in [6.07, 6.45) is 8.18. The van der Waals surface area contributed by atoms with Crippen molar-refractivity contribution in [3.05, 3.63) is 6.92 Å². The molecule has 0 heterocycles. The van der Waals surface area contributed by atoms with Gasteiger partial charge in [0.2, 0.25) is 0 Å². The Labute approximate surface area is 88.0 Å². The van der Waals surface area contributed by atoms with E-state index in [0.29, 0.717) is 13.0 Å². The first kappa shape index (κ1) is 13.5. The molecule has 2 heteroatoms. The molecule has 2 nitrogen and oxygen atoms in total. The fourth-order valence-electron chi connectivity index (χ4n) is 1.23. The Hall–Kier alpha value is -0.530. The van der Waals surface area contributed by atoms with E-state index in [1.54, 1.807) is 0 Å². The molecule has 0 atom stereocenters. The molecule has 0 aliphatic rings. The number of esters is 1. The van der Waals surface area contributed by atoms with Gasteiger partial charge in [0.1, 0.15) is 0 Å². The van der Waals surface area contributed by atoms with E-state index in [4.69, 9.17) is 4.74 Å². The summed E-state index contributed by atoms with van der Waals surface area (Å²) in [4.78, 5) is 11.1. The van der Waals surface area contributed by atoms with E-state index in [1.807, 2.05) is 0 Å². The highest BCUT2D eigenvalue weighted by atomic mass is 16.5. The lowest BCUT2D eigenvalue weighted by Gasteiger charge is -2.03. The van der Waals surface area contributed by atoms with E-state index in [0.717, 1.165) is 25.7 Å². The van der Waals surface area contributed by atoms with E-state index < -0.39 is 0 Å². The summed E-state index contributed by atoms with van der Waals surface area (Å²) >= 11 is 0. The van der Waals surface area contributed by atoms with Crippen molar-refractivity contribution in [2.45, 2.75) is 58.3 Å². The van der Waals surface area contributed by atoms with Gasteiger partial charge in [-0.15, -0.1) is 0 Å². The third-order valence-electron chi connectivity index (χ3n) is 2.14. The number of hydrogen-bond acceptors (Lipinski definition) is 2. The molecule has 0 spiro atoms. The molecule has 14 heavy (non-hydrogen) atoms. The van der Waals surface area contributed by atoms with Gasteiger partial charge >= 0.3 is 5.97 Å². The van der Waals surface area contributed by atoms with Gasteiger partial charge in [-0.3, -0.25) is 4.79 Å². The van der Waals surface area contributed by atoms with Crippen LogP contribution in [0.1, 0.15) is 58.3 Å². The monoisotopic (exact) mass is 199 g/mol. The lowest BCUT2D eigenvalue weighted by Crippen LogP contribution is -2.05. The van der Waals surface area contributed by atoms with E-state index in [9.17, 15) is 4.79 Å². The van der Waals surface area contributed by atoms with E-state index >= 15 is 0 Å². The number of carbonyl (C=O) groups is 1. The van der Waals surface area contributed by atoms with Crippen molar-refractivity contribution >= 4 is 5.97 Å². The minimum absolute atomic E-state index is 0.0463. The van der Waals surface area contributed by atoms with Crippen molar-refractivity contribution in [3.8, 4) is 0 Å². The van der Waals surface area contributed by atoms with Gasteiger partial charge in [0.25, 0.3) is 0 Å². The van der Waals surface area contributed by atoms with E-state index in [2.05, 4.69) is 13.8 Å². The van der Waals surface area contributed by atoms with Crippen molar-refractivity contribution < 1.29 is 9.53 Å². The maximum atomic E-state index is 11.1. The van der Waals surface area contributed by atoms with Crippen LogP contribution in [0, 0.1) is 6.92 Å². The van der Waals surface area contributed by atoms with E-state index in [1.165, 1.54) is 19.3 Å². The smallest absolute Gasteiger partial charge is 0.305 e. The minimum Gasteiger partial charge on any atom is -0.466 e. The molecular weight excluding hydrogens is 176 g/mol. The Kier molecular flexibility index (Phi) is 10.2. The Morgan fingerprint density at radius 2 is 1.86 bits per heavy atom. The summed E-state index contributed by atoms with van der Waals surface area (Å²) in [5, 5.41) is 0. The Bertz CT molecular complexity index is 132. The number of unbranched alkanes of at least 4 members (excludes halogenated alkanes) is 5. The first-order valence-electron chi connectivity index (χ1n) is 5.76. The van der Waals surface area contributed by atoms with Crippen molar-refractivity contribution in [1.29, 1.82) is 0 Å². The van der Waals surface area contributed by atoms with Gasteiger partial charge in [0, 0.05) is 6.42 Å². The van der Waals surface area contributed by atoms with Crippen LogP contribution in [0.5, 0.6) is 0 Å². The number of hydrogen-bond donors (Lipinski definition) is 0. The van der Waals surface area contributed by atoms with Crippen LogP contribution in [-0.4, -0.2) is 12.6 Å². The van der Waals surface area contributed by atoms with Crippen molar-refractivity contribution in [2.24, 2.45) is 0 Å². The van der Waals surface area contributed by atoms with Crippen LogP contribution >= 0.6 is 0 Å². The standard InChI is InChI=1S/C12H23O2/c1-3-5-7-8-9-10-12(13)14-11-6-4-2/h2-11H2,1H3. The molecule has 0 aliphatic carbocycles. The summed E-state index contributed by atoms with van der Waals surface area (Å²) in [6, 6.07) is 0. The van der Waals surface area contributed by atoms with Crippen LogP contribution in [0.4, 0.5) is 0 Å². The second-order valence-electron chi connectivity index (χ2n) is 3.59. The van der Waals surface area contributed by atoms with E-state index in [-0.39, 0.29) is 5.97 Å². The fourth-order valence-corrected chi connectivity index (χ4v) is 1.23. The molecule has 83 valence electrons. The molecule has 0 N–H and O–H groups in total. The van der Waals surface area contributed by atoms with Crippen LogP contribution < -0.4 is 0 Å². The Morgan fingerprint density at radius 1 is 1.14 bits per heavy atom. The topological polar surface area (TPSA) is 26.3 Å². The van der Waals surface area contributed by atoms with Gasteiger partial charge in [-0.2, -0.15) is 0 Å². The molecular formula is C12H23O2. The largest absolute Gasteiger partial charge is 0.466 e. The van der Waals surface area contributed by atoms with Crippen molar-refractivity contribution in [3.63, 3.8) is 0 Å². The lowest BCUT2D eigenvalue weighted by atomic mass is 10.1. The maximum Gasteiger partial charge on any atom is 0.305 e. The van der Waals surface area contributed by atoms with Crippen LogP contribution in [0.15, 0.2) is 0 Å². The number of rotatable bonds is 9. The van der Waals surface area contributed by atoms with Crippen molar-refractivity contribution in [1.82, 2.24) is 0 Å². The van der Waals surface area contributed by atoms with Crippen molar-refractivity contribution in [2.75, 3.05) is 6.61 Å². The summed E-state index contributed by atoms with van der Waals surface area (Å²) in [6.45, 7) is 6.41. The van der Waals surface area contributed by atoms with Crippen LogP contribution in [0.25, 0.3) is 0 Å². The first-order valence-corrected chi connectivity index (χ1v) is 5.76. The minimum atomic E-state index is -0.0463. The Balaban J connectivity index is 3.10. The highest BCUT2D eigenvalue weighted by Crippen LogP contribution is 2.05. The fraction of sp³-hybridized carbons (Fsp3) is 0.833. The summed E-state index contributed by atoms with van der Waals surface area (Å²) < 4.78 is 5.01. The first-order chi connectivity index (χ1) is 6.81. The second kappa shape index (κ2) is 10.6. The molecule has 0 bridgehead atoms. The van der Waals surface area contributed by atoms with Gasteiger partial charge in [-0.1, -0.05) is 46.0 Å². The van der Waals surface area contributed by atoms with Crippen LogP contribution in [0.3, 0.4) is 0 Å². The van der Waals surface area contributed by atoms with Gasteiger partial charge in [0.05, 0.1) is 6.61 Å². The molecule has 0 aromatic carbocycles.